The highest BCUT2D eigenvalue weighted by Gasteiger charge is 2.34. The van der Waals surface area contributed by atoms with E-state index in [9.17, 15) is 4.79 Å². The Morgan fingerprint density at radius 2 is 1.78 bits per heavy atom. The number of nitrogens with one attached hydrogen (secondary N) is 1. The molecule has 196 valence electrons. The number of para-hydroxylation sites is 1. The number of carbonyl (C=O) groups excluding carboxylic acids is 1. The van der Waals surface area contributed by atoms with Crippen LogP contribution in [-0.2, 0) is 4.79 Å². The van der Waals surface area contributed by atoms with Gasteiger partial charge in [0.15, 0.2) is 0 Å². The Bertz CT molecular complexity index is 972. The zero-order valence-electron chi connectivity index (χ0n) is 22.3. The minimum Gasteiger partial charge on any atom is -0.494 e. The largest absolute Gasteiger partial charge is 0.494 e. The molecule has 6 heteroatoms. The average molecular weight is 510 g/mol. The van der Waals surface area contributed by atoms with E-state index >= 15 is 0 Å². The summed E-state index contributed by atoms with van der Waals surface area (Å²) in [5.41, 5.74) is 2.41. The standard InChI is InChI=1S/C30H43N3O2S/c1-30(18-7-4-8-19-30)31-20-9-10-23-35-25-16-14-24(15-17-25)28-29(34)33(22-11-21-32(2)3)26-12-5-6-13-27(26)36-28/h5-6,12-17,28,31H,4,7-11,18-23H2,1-3H3. The van der Waals surface area contributed by atoms with Crippen LogP contribution in [0.3, 0.4) is 0 Å². The summed E-state index contributed by atoms with van der Waals surface area (Å²) in [5.74, 6) is 1.05. The van der Waals surface area contributed by atoms with E-state index in [4.69, 9.17) is 4.74 Å². The lowest BCUT2D eigenvalue weighted by molar-refractivity contribution is -0.118. The Morgan fingerprint density at radius 1 is 1.03 bits per heavy atom. The second-order valence-electron chi connectivity index (χ2n) is 10.8. The number of unbranched alkanes of at least 4 members (excludes halogenated alkanes) is 1. The smallest absolute Gasteiger partial charge is 0.245 e. The second kappa shape index (κ2) is 13.0. The van der Waals surface area contributed by atoms with Gasteiger partial charge in [-0.2, -0.15) is 0 Å². The van der Waals surface area contributed by atoms with Gasteiger partial charge in [0.2, 0.25) is 5.91 Å². The predicted molar refractivity (Wildman–Crippen MR) is 151 cm³/mol. The van der Waals surface area contributed by atoms with Crippen molar-refractivity contribution in [1.29, 1.82) is 0 Å². The van der Waals surface area contributed by atoms with Gasteiger partial charge in [0.25, 0.3) is 0 Å². The van der Waals surface area contributed by atoms with Gasteiger partial charge in [-0.3, -0.25) is 4.79 Å². The van der Waals surface area contributed by atoms with Crippen LogP contribution in [0.2, 0.25) is 0 Å². The zero-order chi connectivity index (χ0) is 25.4. The first-order chi connectivity index (χ1) is 17.5. The lowest BCUT2D eigenvalue weighted by atomic mass is 9.83. The van der Waals surface area contributed by atoms with Crippen LogP contribution in [0.5, 0.6) is 5.75 Å². The maximum Gasteiger partial charge on any atom is 0.245 e. The van der Waals surface area contributed by atoms with Crippen molar-refractivity contribution in [3.05, 3.63) is 54.1 Å². The fourth-order valence-corrected chi connectivity index (χ4v) is 6.49. The molecule has 0 radical (unpaired) electrons. The van der Waals surface area contributed by atoms with Crippen LogP contribution in [0.4, 0.5) is 5.69 Å². The minimum atomic E-state index is -0.222. The molecular weight excluding hydrogens is 466 g/mol. The first-order valence-corrected chi connectivity index (χ1v) is 14.5. The van der Waals surface area contributed by atoms with Gasteiger partial charge >= 0.3 is 0 Å². The molecule has 2 aromatic carbocycles. The monoisotopic (exact) mass is 509 g/mol. The van der Waals surface area contributed by atoms with Crippen molar-refractivity contribution >= 4 is 23.4 Å². The molecule has 1 unspecified atom stereocenters. The molecule has 1 N–H and O–H groups in total. The van der Waals surface area contributed by atoms with E-state index in [0.717, 1.165) is 62.5 Å². The Labute approximate surface area is 222 Å². The van der Waals surface area contributed by atoms with Crippen molar-refractivity contribution in [1.82, 2.24) is 10.2 Å². The molecule has 1 aliphatic carbocycles. The van der Waals surface area contributed by atoms with Gasteiger partial charge in [-0.25, -0.2) is 0 Å². The zero-order valence-corrected chi connectivity index (χ0v) is 23.1. The summed E-state index contributed by atoms with van der Waals surface area (Å²) in [4.78, 5) is 18.8. The van der Waals surface area contributed by atoms with Crippen molar-refractivity contribution in [3.8, 4) is 5.75 Å². The van der Waals surface area contributed by atoms with Gasteiger partial charge in [-0.05, 0) is 96.0 Å². The lowest BCUT2D eigenvalue weighted by Gasteiger charge is -2.34. The third-order valence-electron chi connectivity index (χ3n) is 7.41. The summed E-state index contributed by atoms with van der Waals surface area (Å²) in [7, 11) is 4.14. The van der Waals surface area contributed by atoms with E-state index in [0.29, 0.717) is 5.54 Å². The summed E-state index contributed by atoms with van der Waals surface area (Å²) in [6.07, 6.45) is 9.83. The molecule has 0 saturated heterocycles. The van der Waals surface area contributed by atoms with Gasteiger partial charge in [-0.1, -0.05) is 43.5 Å². The molecule has 2 aliphatic rings. The SMILES string of the molecule is CN(C)CCCN1C(=O)C(c2ccc(OCCCCNC3(C)CCCCC3)cc2)Sc2ccccc21. The molecule has 5 nitrogen and oxygen atoms in total. The van der Waals surface area contributed by atoms with Gasteiger partial charge in [0, 0.05) is 17.0 Å². The maximum atomic E-state index is 13.5. The molecule has 0 bridgehead atoms. The molecule has 4 rings (SSSR count). The summed E-state index contributed by atoms with van der Waals surface area (Å²) in [5, 5.41) is 3.56. The molecule has 1 aliphatic heterocycles. The van der Waals surface area contributed by atoms with E-state index in [1.54, 1.807) is 11.8 Å². The van der Waals surface area contributed by atoms with Crippen LogP contribution >= 0.6 is 11.8 Å². The van der Waals surface area contributed by atoms with Gasteiger partial charge in [-0.15, -0.1) is 11.8 Å². The van der Waals surface area contributed by atoms with Crippen LogP contribution in [0.25, 0.3) is 0 Å². The van der Waals surface area contributed by atoms with E-state index < -0.39 is 0 Å². The molecule has 1 heterocycles. The highest BCUT2D eigenvalue weighted by atomic mass is 32.2. The number of thioether (sulfide) groups is 1. The highest BCUT2D eigenvalue weighted by Crippen LogP contribution is 2.46. The fourth-order valence-electron chi connectivity index (χ4n) is 5.26. The molecule has 1 saturated carbocycles. The number of hydrogen-bond donors (Lipinski definition) is 1. The number of benzene rings is 2. The van der Waals surface area contributed by atoms with Gasteiger partial charge in [0.1, 0.15) is 11.0 Å². The van der Waals surface area contributed by atoms with Crippen LogP contribution in [0, 0.1) is 0 Å². The molecule has 1 atom stereocenters. The van der Waals surface area contributed by atoms with Gasteiger partial charge in [0.05, 0.1) is 12.3 Å². The number of carbonyl (C=O) groups is 1. The molecule has 0 spiro atoms. The van der Waals surface area contributed by atoms with Crippen LogP contribution in [-0.4, -0.2) is 56.7 Å². The Hall–Kier alpha value is -2.02. The predicted octanol–water partition coefficient (Wildman–Crippen LogP) is 6.29. The normalized spacial score (nSPS) is 19.4. The van der Waals surface area contributed by atoms with Crippen molar-refractivity contribution in [2.45, 2.75) is 74.0 Å². The molecule has 1 fully saturated rings. The number of fused-ring (bicyclic) bond motifs is 1. The molecule has 36 heavy (non-hydrogen) atoms. The van der Waals surface area contributed by atoms with Crippen LogP contribution < -0.4 is 15.0 Å². The summed E-state index contributed by atoms with van der Waals surface area (Å²) in [6.45, 7) is 5.86. The molecule has 1 amide bonds. The van der Waals surface area contributed by atoms with Crippen molar-refractivity contribution in [2.24, 2.45) is 0 Å². The van der Waals surface area contributed by atoms with Crippen molar-refractivity contribution in [2.75, 3.05) is 45.2 Å². The number of ether oxygens (including phenoxy) is 1. The lowest BCUT2D eigenvalue weighted by Crippen LogP contribution is -2.44. The number of nitrogens with zero attached hydrogens (tertiary/aromatic N) is 2. The molecule has 2 aromatic rings. The van der Waals surface area contributed by atoms with E-state index in [2.05, 4.69) is 61.6 Å². The second-order valence-corrected chi connectivity index (χ2v) is 11.9. The first kappa shape index (κ1) is 27.0. The average Bonchev–Trinajstić information content (AvgIpc) is 2.88. The molecular formula is C30H43N3O2S. The highest BCUT2D eigenvalue weighted by molar-refractivity contribution is 8.00. The van der Waals surface area contributed by atoms with E-state index in [-0.39, 0.29) is 11.2 Å². The van der Waals surface area contributed by atoms with Gasteiger partial charge < -0.3 is 19.9 Å². The number of hydrogen-bond acceptors (Lipinski definition) is 5. The summed E-state index contributed by atoms with van der Waals surface area (Å²) >= 11 is 1.66. The Kier molecular flexibility index (Phi) is 9.74. The number of anilines is 1. The van der Waals surface area contributed by atoms with E-state index in [1.807, 2.05) is 23.1 Å². The van der Waals surface area contributed by atoms with Crippen molar-refractivity contribution < 1.29 is 9.53 Å². The molecule has 0 aromatic heterocycles. The number of amides is 1. The quantitative estimate of drug-likeness (QED) is 0.341. The summed E-state index contributed by atoms with van der Waals surface area (Å²) in [6, 6.07) is 16.4. The van der Waals surface area contributed by atoms with Crippen LogP contribution in [0.15, 0.2) is 53.4 Å². The third-order valence-corrected chi connectivity index (χ3v) is 8.72. The van der Waals surface area contributed by atoms with E-state index in [1.165, 1.54) is 37.0 Å². The minimum absolute atomic E-state index is 0.172. The fraction of sp³-hybridized carbons (Fsp3) is 0.567. The maximum absolute atomic E-state index is 13.5. The topological polar surface area (TPSA) is 44.8 Å². The third kappa shape index (κ3) is 7.27. The summed E-state index contributed by atoms with van der Waals surface area (Å²) < 4.78 is 6.01. The number of rotatable bonds is 12. The Morgan fingerprint density at radius 3 is 2.53 bits per heavy atom. The Balaban J connectivity index is 1.28. The van der Waals surface area contributed by atoms with Crippen molar-refractivity contribution in [3.63, 3.8) is 0 Å². The van der Waals surface area contributed by atoms with Crippen LogP contribution in [0.1, 0.15) is 69.1 Å². The first-order valence-electron chi connectivity index (χ1n) is 13.6.